The molecular formula is C19H16N2O2. The third-order valence-corrected chi connectivity index (χ3v) is 6.22. The number of imide groups is 1. The third-order valence-electron chi connectivity index (χ3n) is 6.22. The zero-order valence-electron chi connectivity index (χ0n) is 12.6. The molecule has 1 saturated heterocycles. The van der Waals surface area contributed by atoms with Crippen molar-refractivity contribution in [1.29, 1.82) is 5.26 Å². The van der Waals surface area contributed by atoms with Gasteiger partial charge in [-0.3, -0.25) is 14.5 Å². The highest BCUT2D eigenvalue weighted by Gasteiger charge is 2.66. The molecule has 1 heterocycles. The quantitative estimate of drug-likeness (QED) is 0.621. The molecule has 114 valence electrons. The second-order valence-electron chi connectivity index (χ2n) is 7.19. The Morgan fingerprint density at radius 1 is 1.04 bits per heavy atom. The van der Waals surface area contributed by atoms with Crippen molar-refractivity contribution in [3.05, 3.63) is 47.5 Å². The van der Waals surface area contributed by atoms with Crippen molar-refractivity contribution in [2.24, 2.45) is 35.5 Å². The maximum atomic E-state index is 12.9. The zero-order chi connectivity index (χ0) is 15.7. The summed E-state index contributed by atoms with van der Waals surface area (Å²) < 4.78 is 0. The largest absolute Gasteiger partial charge is 0.278 e. The second kappa shape index (κ2) is 4.32. The maximum absolute atomic E-state index is 12.9. The van der Waals surface area contributed by atoms with Crippen LogP contribution in [0.4, 0.5) is 0 Å². The molecule has 1 aliphatic heterocycles. The summed E-state index contributed by atoms with van der Waals surface area (Å²) in [6.45, 7) is 0.225. The number of carbonyl (C=O) groups excluding carboxylic acids is 2. The van der Waals surface area contributed by atoms with Crippen molar-refractivity contribution in [3.8, 4) is 6.07 Å². The van der Waals surface area contributed by atoms with E-state index in [-0.39, 0.29) is 42.0 Å². The molecule has 0 aromatic heterocycles. The summed E-state index contributed by atoms with van der Waals surface area (Å²) in [6.07, 6.45) is 5.53. The average Bonchev–Trinajstić information content (AvgIpc) is 3.36. The topological polar surface area (TPSA) is 61.2 Å². The van der Waals surface area contributed by atoms with Gasteiger partial charge in [0.2, 0.25) is 11.8 Å². The Labute approximate surface area is 134 Å². The summed E-state index contributed by atoms with van der Waals surface area (Å²) >= 11 is 0. The van der Waals surface area contributed by atoms with E-state index in [2.05, 4.69) is 18.2 Å². The number of carbonyl (C=O) groups is 2. The summed E-state index contributed by atoms with van der Waals surface area (Å²) in [4.78, 5) is 27.2. The number of nitrogens with zero attached hydrogens (tertiary/aromatic N) is 2. The van der Waals surface area contributed by atoms with Crippen molar-refractivity contribution >= 4 is 11.8 Å². The first-order valence-electron chi connectivity index (χ1n) is 8.22. The Balaban J connectivity index is 1.49. The van der Waals surface area contributed by atoms with Crippen LogP contribution in [0.2, 0.25) is 0 Å². The van der Waals surface area contributed by atoms with Crippen LogP contribution in [0.15, 0.2) is 36.4 Å². The molecule has 3 fully saturated rings. The molecule has 0 spiro atoms. The third kappa shape index (κ3) is 1.60. The van der Waals surface area contributed by atoms with E-state index < -0.39 is 0 Å². The van der Waals surface area contributed by atoms with Crippen LogP contribution in [0.1, 0.15) is 17.5 Å². The summed E-state index contributed by atoms with van der Waals surface area (Å²) in [5.41, 5.74) is 1.28. The van der Waals surface area contributed by atoms with E-state index in [0.29, 0.717) is 17.4 Å². The minimum absolute atomic E-state index is 0.0301. The van der Waals surface area contributed by atoms with Crippen molar-refractivity contribution in [1.82, 2.24) is 4.90 Å². The van der Waals surface area contributed by atoms with Gasteiger partial charge in [-0.05, 0) is 41.7 Å². The average molecular weight is 304 g/mol. The predicted octanol–water partition coefficient (Wildman–Crippen LogP) is 2.11. The lowest BCUT2D eigenvalue weighted by atomic mass is 9.63. The van der Waals surface area contributed by atoms with E-state index in [1.165, 1.54) is 11.3 Å². The first kappa shape index (κ1) is 13.1. The van der Waals surface area contributed by atoms with Crippen molar-refractivity contribution in [3.63, 3.8) is 0 Å². The lowest BCUT2D eigenvalue weighted by Gasteiger charge is -2.37. The SMILES string of the molecule is N#Cc1ccccc1CN1C(=O)[C@@H]2[C@H]3C=C[C@@H]([C@@H]4C[C@@H]34)[C@@H]2C1=O. The molecule has 0 unspecified atom stereocenters. The molecule has 4 aliphatic carbocycles. The van der Waals surface area contributed by atoms with Gasteiger partial charge in [0.1, 0.15) is 0 Å². The normalized spacial score (nSPS) is 39.2. The minimum atomic E-state index is -0.157. The van der Waals surface area contributed by atoms with Crippen LogP contribution in [0.25, 0.3) is 0 Å². The van der Waals surface area contributed by atoms with E-state index in [0.717, 1.165) is 5.56 Å². The lowest BCUT2D eigenvalue weighted by molar-refractivity contribution is -0.140. The van der Waals surface area contributed by atoms with Crippen LogP contribution in [-0.2, 0) is 16.1 Å². The van der Waals surface area contributed by atoms with Gasteiger partial charge in [0.25, 0.3) is 0 Å². The molecule has 2 bridgehead atoms. The fraction of sp³-hybridized carbons (Fsp3) is 0.421. The van der Waals surface area contributed by atoms with Gasteiger partial charge in [0, 0.05) is 0 Å². The van der Waals surface area contributed by atoms with Crippen molar-refractivity contribution in [2.45, 2.75) is 13.0 Å². The van der Waals surface area contributed by atoms with E-state index in [1.807, 2.05) is 12.1 Å². The van der Waals surface area contributed by atoms with E-state index >= 15 is 0 Å². The van der Waals surface area contributed by atoms with Gasteiger partial charge in [-0.25, -0.2) is 0 Å². The molecule has 0 N–H and O–H groups in total. The molecule has 23 heavy (non-hydrogen) atoms. The smallest absolute Gasteiger partial charge is 0.234 e. The highest BCUT2D eigenvalue weighted by Crippen LogP contribution is 2.65. The maximum Gasteiger partial charge on any atom is 0.234 e. The van der Waals surface area contributed by atoms with Crippen LogP contribution in [0.5, 0.6) is 0 Å². The van der Waals surface area contributed by atoms with E-state index in [9.17, 15) is 14.9 Å². The Bertz CT molecular complexity index is 770. The molecule has 6 rings (SSSR count). The summed E-state index contributed by atoms with van der Waals surface area (Å²) in [7, 11) is 0. The molecule has 1 aromatic carbocycles. The predicted molar refractivity (Wildman–Crippen MR) is 81.4 cm³/mol. The van der Waals surface area contributed by atoms with Crippen LogP contribution >= 0.6 is 0 Å². The molecule has 5 aliphatic rings. The van der Waals surface area contributed by atoms with E-state index in [4.69, 9.17) is 0 Å². The molecular weight excluding hydrogens is 288 g/mol. The first-order valence-corrected chi connectivity index (χ1v) is 8.22. The van der Waals surface area contributed by atoms with Crippen LogP contribution < -0.4 is 0 Å². The Morgan fingerprint density at radius 3 is 2.26 bits per heavy atom. The number of likely N-dealkylation sites (tertiary alicyclic amines) is 1. The number of hydrogen-bond donors (Lipinski definition) is 0. The molecule has 4 nitrogen and oxygen atoms in total. The van der Waals surface area contributed by atoms with Crippen LogP contribution in [-0.4, -0.2) is 16.7 Å². The van der Waals surface area contributed by atoms with Crippen LogP contribution in [0, 0.1) is 46.8 Å². The fourth-order valence-electron chi connectivity index (χ4n) is 5.11. The van der Waals surface area contributed by atoms with Gasteiger partial charge in [0.15, 0.2) is 0 Å². The number of amides is 2. The van der Waals surface area contributed by atoms with Gasteiger partial charge >= 0.3 is 0 Å². The molecule has 0 radical (unpaired) electrons. The molecule has 4 heteroatoms. The molecule has 2 saturated carbocycles. The Hall–Kier alpha value is -2.41. The molecule has 6 atom stereocenters. The van der Waals surface area contributed by atoms with E-state index in [1.54, 1.807) is 12.1 Å². The standard InChI is InChI=1S/C19H16N2O2/c20-8-10-3-1-2-4-11(10)9-21-18(22)16-12-5-6-13(15-7-14(12)15)17(16)19(21)23/h1-6,12-17H,7,9H2/t12-,13-,14-,15-,16-,17+/m0/s1. The van der Waals surface area contributed by atoms with Gasteiger partial charge in [-0.15, -0.1) is 0 Å². The summed E-state index contributed by atoms with van der Waals surface area (Å²) in [5, 5.41) is 9.22. The molecule has 1 aromatic rings. The Kier molecular flexibility index (Phi) is 2.45. The monoisotopic (exact) mass is 304 g/mol. The Morgan fingerprint density at radius 2 is 1.65 bits per heavy atom. The summed E-state index contributed by atoms with van der Waals surface area (Å²) in [6, 6.07) is 9.34. The number of rotatable bonds is 2. The number of allylic oxidation sites excluding steroid dienone is 2. The van der Waals surface area contributed by atoms with Crippen molar-refractivity contribution in [2.75, 3.05) is 0 Å². The van der Waals surface area contributed by atoms with Gasteiger partial charge in [0.05, 0.1) is 30.0 Å². The first-order chi connectivity index (χ1) is 11.2. The molecule has 2 amide bonds. The number of hydrogen-bond acceptors (Lipinski definition) is 3. The van der Waals surface area contributed by atoms with Gasteiger partial charge in [-0.2, -0.15) is 5.26 Å². The highest BCUT2D eigenvalue weighted by molar-refractivity contribution is 6.06. The highest BCUT2D eigenvalue weighted by atomic mass is 16.2. The summed E-state index contributed by atoms with van der Waals surface area (Å²) in [5.74, 6) is 1.37. The lowest BCUT2D eigenvalue weighted by Crippen LogP contribution is -2.40. The fourth-order valence-corrected chi connectivity index (χ4v) is 5.11. The minimum Gasteiger partial charge on any atom is -0.278 e. The van der Waals surface area contributed by atoms with Crippen LogP contribution in [0.3, 0.4) is 0 Å². The van der Waals surface area contributed by atoms with Gasteiger partial charge in [-0.1, -0.05) is 30.4 Å². The number of benzene rings is 1. The number of nitriles is 1. The van der Waals surface area contributed by atoms with Gasteiger partial charge < -0.3 is 0 Å². The second-order valence-corrected chi connectivity index (χ2v) is 7.19. The zero-order valence-corrected chi connectivity index (χ0v) is 12.6. The van der Waals surface area contributed by atoms with Crippen molar-refractivity contribution < 1.29 is 9.59 Å².